The first-order chi connectivity index (χ1) is 18.5. The molecular weight excluding hydrogens is 582 g/mol. The van der Waals surface area contributed by atoms with Crippen molar-refractivity contribution in [1.29, 1.82) is 0 Å². The van der Waals surface area contributed by atoms with E-state index in [9.17, 15) is 18.0 Å². The summed E-state index contributed by atoms with van der Waals surface area (Å²) in [5, 5.41) is 2.76. The second kappa shape index (κ2) is 13.1. The zero-order valence-electron chi connectivity index (χ0n) is 22.8. The fourth-order valence-corrected chi connectivity index (χ4v) is 6.10. The Morgan fingerprint density at radius 2 is 1.56 bits per heavy atom. The number of carbonyl (C=O) groups is 2. The topological polar surface area (TPSA) is 96.0 Å². The maximum absolute atomic E-state index is 13.9. The number of halogens is 1. The summed E-state index contributed by atoms with van der Waals surface area (Å²) in [5.74, 6) is -0.347. The van der Waals surface area contributed by atoms with Gasteiger partial charge >= 0.3 is 0 Å². The first-order valence-electron chi connectivity index (χ1n) is 12.5. The number of hydrogen-bond acceptors (Lipinski definition) is 5. The van der Waals surface area contributed by atoms with Crippen LogP contribution in [0.15, 0.2) is 76.1 Å². The second-order valence-electron chi connectivity index (χ2n) is 9.22. The third kappa shape index (κ3) is 7.39. The Morgan fingerprint density at radius 1 is 0.974 bits per heavy atom. The molecule has 39 heavy (non-hydrogen) atoms. The predicted octanol–water partition coefficient (Wildman–Crippen LogP) is 4.82. The van der Waals surface area contributed by atoms with Crippen LogP contribution in [0.2, 0.25) is 0 Å². The van der Waals surface area contributed by atoms with Crippen molar-refractivity contribution in [2.75, 3.05) is 24.5 Å². The van der Waals surface area contributed by atoms with Gasteiger partial charge in [-0.25, -0.2) is 8.42 Å². The molecule has 208 valence electrons. The molecule has 0 saturated heterocycles. The molecule has 3 aromatic rings. The van der Waals surface area contributed by atoms with Gasteiger partial charge in [0.1, 0.15) is 18.3 Å². The highest BCUT2D eigenvalue weighted by Crippen LogP contribution is 2.31. The first-order valence-corrected chi connectivity index (χ1v) is 14.8. The van der Waals surface area contributed by atoms with Crippen LogP contribution in [0.5, 0.6) is 5.75 Å². The SMILES string of the molecule is CCNC(=O)C(C)N(Cc1ccc(C)cc1)C(=O)CN(c1ccc(C)cc1)S(=O)(=O)c1ccc(OC)c(Br)c1. The van der Waals surface area contributed by atoms with Crippen molar-refractivity contribution in [3.8, 4) is 5.75 Å². The highest BCUT2D eigenvalue weighted by atomic mass is 79.9. The van der Waals surface area contributed by atoms with Gasteiger partial charge in [-0.3, -0.25) is 13.9 Å². The molecule has 0 bridgehead atoms. The van der Waals surface area contributed by atoms with Crippen LogP contribution in [0.25, 0.3) is 0 Å². The third-order valence-corrected chi connectivity index (χ3v) is 8.69. The number of nitrogens with zero attached hydrogens (tertiary/aromatic N) is 2. The van der Waals surface area contributed by atoms with E-state index >= 15 is 0 Å². The minimum Gasteiger partial charge on any atom is -0.496 e. The highest BCUT2D eigenvalue weighted by molar-refractivity contribution is 9.10. The summed E-state index contributed by atoms with van der Waals surface area (Å²) in [4.78, 5) is 28.1. The molecule has 2 amide bonds. The molecule has 10 heteroatoms. The number of amides is 2. The first kappa shape index (κ1) is 30.2. The Hall–Kier alpha value is -3.37. The van der Waals surface area contributed by atoms with Gasteiger partial charge in [0, 0.05) is 13.1 Å². The maximum Gasteiger partial charge on any atom is 0.264 e. The van der Waals surface area contributed by atoms with E-state index in [1.807, 2.05) is 38.1 Å². The molecule has 0 aliphatic carbocycles. The zero-order valence-corrected chi connectivity index (χ0v) is 25.2. The summed E-state index contributed by atoms with van der Waals surface area (Å²) < 4.78 is 34.7. The summed E-state index contributed by atoms with van der Waals surface area (Å²) in [6, 6.07) is 18.1. The van der Waals surface area contributed by atoms with Gasteiger partial charge in [0.05, 0.1) is 22.2 Å². The van der Waals surface area contributed by atoms with E-state index < -0.39 is 28.5 Å². The number of nitrogens with one attached hydrogen (secondary N) is 1. The molecule has 0 aromatic heterocycles. The Morgan fingerprint density at radius 3 is 2.10 bits per heavy atom. The fourth-order valence-electron chi connectivity index (χ4n) is 3.97. The van der Waals surface area contributed by atoms with Gasteiger partial charge in [0.25, 0.3) is 10.0 Å². The van der Waals surface area contributed by atoms with E-state index in [0.29, 0.717) is 22.5 Å². The number of rotatable bonds is 11. The van der Waals surface area contributed by atoms with Crippen LogP contribution in [0.4, 0.5) is 5.69 Å². The van der Waals surface area contributed by atoms with E-state index in [2.05, 4.69) is 21.2 Å². The molecule has 0 radical (unpaired) electrons. The number of methoxy groups -OCH3 is 1. The second-order valence-corrected chi connectivity index (χ2v) is 11.9. The molecule has 0 saturated carbocycles. The summed E-state index contributed by atoms with van der Waals surface area (Å²) in [6.07, 6.45) is 0. The van der Waals surface area contributed by atoms with E-state index in [4.69, 9.17) is 4.74 Å². The van der Waals surface area contributed by atoms with Gasteiger partial charge in [0.2, 0.25) is 11.8 Å². The van der Waals surface area contributed by atoms with Crippen LogP contribution in [0.1, 0.15) is 30.5 Å². The van der Waals surface area contributed by atoms with Crippen LogP contribution in [0, 0.1) is 13.8 Å². The van der Waals surface area contributed by atoms with Gasteiger partial charge < -0.3 is 15.0 Å². The standard InChI is InChI=1S/C29H34BrN3O5S/c1-6-31-29(35)22(4)32(18-23-11-7-20(2)8-12-23)28(34)19-33(24-13-9-21(3)10-14-24)39(36,37)25-15-16-27(38-5)26(30)17-25/h7-17,22H,6,18-19H2,1-5H3,(H,31,35). The molecule has 3 aromatic carbocycles. The number of benzene rings is 3. The van der Waals surface area contributed by atoms with E-state index in [0.717, 1.165) is 21.0 Å². The van der Waals surface area contributed by atoms with Gasteiger partial charge in [-0.1, -0.05) is 47.5 Å². The molecule has 0 heterocycles. The third-order valence-electron chi connectivity index (χ3n) is 6.30. The summed E-state index contributed by atoms with van der Waals surface area (Å²) in [6.45, 7) is 7.36. The summed E-state index contributed by atoms with van der Waals surface area (Å²) >= 11 is 3.35. The Bertz CT molecular complexity index is 1410. The zero-order chi connectivity index (χ0) is 28.7. The lowest BCUT2D eigenvalue weighted by atomic mass is 10.1. The lowest BCUT2D eigenvalue weighted by molar-refractivity contribution is -0.139. The Balaban J connectivity index is 2.04. The average Bonchev–Trinajstić information content (AvgIpc) is 2.91. The van der Waals surface area contributed by atoms with E-state index in [1.54, 1.807) is 44.2 Å². The molecule has 0 aliphatic rings. The number of hydrogen-bond donors (Lipinski definition) is 1. The quantitative estimate of drug-likeness (QED) is 0.333. The minimum absolute atomic E-state index is 0.00888. The Kier molecular flexibility index (Phi) is 10.2. The lowest BCUT2D eigenvalue weighted by Gasteiger charge is -2.32. The average molecular weight is 617 g/mol. The molecule has 0 aliphatic heterocycles. The summed E-state index contributed by atoms with van der Waals surface area (Å²) in [7, 11) is -2.69. The number of sulfonamides is 1. The number of aryl methyl sites for hydroxylation is 2. The van der Waals surface area contributed by atoms with Gasteiger partial charge in [-0.15, -0.1) is 0 Å². The molecule has 3 rings (SSSR count). The molecule has 0 fully saturated rings. The number of likely N-dealkylation sites (N-methyl/N-ethyl adjacent to an activating group) is 1. The van der Waals surface area contributed by atoms with E-state index in [-0.39, 0.29) is 17.3 Å². The molecule has 1 N–H and O–H groups in total. The number of ether oxygens (including phenoxy) is 1. The van der Waals surface area contributed by atoms with Crippen molar-refractivity contribution < 1.29 is 22.7 Å². The number of carbonyl (C=O) groups excluding carboxylic acids is 2. The van der Waals surface area contributed by atoms with Crippen molar-refractivity contribution in [1.82, 2.24) is 10.2 Å². The van der Waals surface area contributed by atoms with Gasteiger partial charge in [0.15, 0.2) is 0 Å². The summed E-state index contributed by atoms with van der Waals surface area (Å²) in [5.41, 5.74) is 3.17. The normalized spacial score (nSPS) is 11.9. The predicted molar refractivity (Wildman–Crippen MR) is 156 cm³/mol. The molecule has 8 nitrogen and oxygen atoms in total. The van der Waals surface area contributed by atoms with Crippen LogP contribution in [-0.2, 0) is 26.2 Å². The molecular formula is C29H34BrN3O5S. The van der Waals surface area contributed by atoms with Crippen LogP contribution < -0.4 is 14.4 Å². The maximum atomic E-state index is 13.9. The van der Waals surface area contributed by atoms with Crippen molar-refractivity contribution >= 4 is 43.5 Å². The van der Waals surface area contributed by atoms with Gasteiger partial charge in [-0.2, -0.15) is 0 Å². The Labute approximate surface area is 239 Å². The lowest BCUT2D eigenvalue weighted by Crippen LogP contribution is -2.51. The van der Waals surface area contributed by atoms with Crippen molar-refractivity contribution in [2.24, 2.45) is 0 Å². The van der Waals surface area contributed by atoms with Crippen LogP contribution in [-0.4, -0.2) is 51.4 Å². The van der Waals surface area contributed by atoms with Crippen LogP contribution in [0.3, 0.4) is 0 Å². The fraction of sp³-hybridized carbons (Fsp3) is 0.310. The largest absolute Gasteiger partial charge is 0.496 e. The number of anilines is 1. The molecule has 0 spiro atoms. The van der Waals surface area contributed by atoms with Crippen molar-refractivity contribution in [3.05, 3.63) is 87.9 Å². The van der Waals surface area contributed by atoms with E-state index in [1.165, 1.54) is 24.1 Å². The highest BCUT2D eigenvalue weighted by Gasteiger charge is 2.32. The molecule has 1 atom stereocenters. The minimum atomic E-state index is -4.18. The van der Waals surface area contributed by atoms with Crippen molar-refractivity contribution in [3.63, 3.8) is 0 Å². The molecule has 1 unspecified atom stereocenters. The van der Waals surface area contributed by atoms with Crippen molar-refractivity contribution in [2.45, 2.75) is 45.2 Å². The van der Waals surface area contributed by atoms with Crippen LogP contribution >= 0.6 is 15.9 Å². The smallest absolute Gasteiger partial charge is 0.264 e. The van der Waals surface area contributed by atoms with Gasteiger partial charge in [-0.05, 0) is 79.5 Å². The monoisotopic (exact) mass is 615 g/mol.